The maximum atomic E-state index is 12.3. The monoisotopic (exact) mass is 282 g/mol. The molecule has 21 heavy (non-hydrogen) atoms. The summed E-state index contributed by atoms with van der Waals surface area (Å²) in [6.07, 6.45) is 1.52. The van der Waals surface area contributed by atoms with E-state index in [1.165, 1.54) is 19.5 Å². The van der Waals surface area contributed by atoms with Crippen LogP contribution in [-0.4, -0.2) is 32.6 Å². The number of carbonyl (C=O) groups excluding carboxylic acids is 1. The highest BCUT2D eigenvalue weighted by atomic mass is 16.5. The number of methoxy groups -OCH3 is 1. The summed E-state index contributed by atoms with van der Waals surface area (Å²) < 4.78 is 6.78. The van der Waals surface area contributed by atoms with E-state index in [-0.39, 0.29) is 12.2 Å². The molecule has 106 valence electrons. The second-order valence-corrected chi connectivity index (χ2v) is 4.63. The molecule has 3 aromatic rings. The Morgan fingerprint density at radius 3 is 2.90 bits per heavy atom. The molecule has 0 fully saturated rings. The van der Waals surface area contributed by atoms with Crippen molar-refractivity contribution < 1.29 is 9.53 Å². The number of ketones is 1. The van der Waals surface area contributed by atoms with Crippen LogP contribution in [0.5, 0.6) is 5.88 Å². The molecule has 2 heterocycles. The first-order valence-corrected chi connectivity index (χ1v) is 6.49. The van der Waals surface area contributed by atoms with Crippen molar-refractivity contribution in [3.05, 3.63) is 48.0 Å². The molecule has 0 bridgehead atoms. The van der Waals surface area contributed by atoms with Crippen molar-refractivity contribution in [3.63, 3.8) is 0 Å². The van der Waals surface area contributed by atoms with Crippen LogP contribution in [0.1, 0.15) is 16.2 Å². The van der Waals surface area contributed by atoms with Crippen LogP contribution in [0.4, 0.5) is 0 Å². The van der Waals surface area contributed by atoms with Gasteiger partial charge < -0.3 is 4.74 Å². The third kappa shape index (κ3) is 2.47. The van der Waals surface area contributed by atoms with E-state index in [4.69, 9.17) is 4.74 Å². The van der Waals surface area contributed by atoms with Crippen molar-refractivity contribution in [1.29, 1.82) is 0 Å². The van der Waals surface area contributed by atoms with Gasteiger partial charge in [0.2, 0.25) is 5.88 Å². The van der Waals surface area contributed by atoms with Gasteiger partial charge in [0.15, 0.2) is 5.78 Å². The Balaban J connectivity index is 1.93. The van der Waals surface area contributed by atoms with Crippen molar-refractivity contribution in [2.45, 2.75) is 6.42 Å². The van der Waals surface area contributed by atoms with Crippen LogP contribution < -0.4 is 4.74 Å². The van der Waals surface area contributed by atoms with Crippen molar-refractivity contribution in [1.82, 2.24) is 19.7 Å². The van der Waals surface area contributed by atoms with Crippen LogP contribution in [0.2, 0.25) is 0 Å². The lowest BCUT2D eigenvalue weighted by Gasteiger charge is -2.01. The molecule has 6 heteroatoms. The Morgan fingerprint density at radius 2 is 2.10 bits per heavy atom. The second kappa shape index (κ2) is 5.32. The first-order valence-electron chi connectivity index (χ1n) is 6.49. The molecule has 0 radical (unpaired) electrons. The van der Waals surface area contributed by atoms with Crippen molar-refractivity contribution in [3.8, 4) is 5.88 Å². The maximum absolute atomic E-state index is 12.3. The molecule has 0 atom stereocenters. The zero-order valence-corrected chi connectivity index (χ0v) is 11.8. The number of ether oxygens (including phenoxy) is 1. The van der Waals surface area contributed by atoms with Gasteiger partial charge in [0.05, 0.1) is 24.7 Å². The number of fused-ring (bicyclic) bond motifs is 1. The second-order valence-electron chi connectivity index (χ2n) is 4.63. The molecular formula is C15H14N4O2. The lowest BCUT2D eigenvalue weighted by atomic mass is 10.1. The van der Waals surface area contributed by atoms with E-state index in [2.05, 4.69) is 15.1 Å². The van der Waals surface area contributed by atoms with Crippen LogP contribution in [0.3, 0.4) is 0 Å². The molecule has 3 rings (SSSR count). The van der Waals surface area contributed by atoms with Gasteiger partial charge in [-0.3, -0.25) is 9.48 Å². The molecule has 1 aromatic carbocycles. The largest absolute Gasteiger partial charge is 0.481 e. The summed E-state index contributed by atoms with van der Waals surface area (Å²) in [5, 5.41) is 5.40. The Hall–Kier alpha value is -2.76. The van der Waals surface area contributed by atoms with E-state index in [0.29, 0.717) is 11.6 Å². The first-order chi connectivity index (χ1) is 10.2. The Bertz CT molecular complexity index is 810. The predicted octanol–water partition coefficient (Wildman–Crippen LogP) is 1.80. The summed E-state index contributed by atoms with van der Waals surface area (Å²) in [5.41, 5.74) is 2.08. The third-order valence-corrected chi connectivity index (χ3v) is 3.30. The van der Waals surface area contributed by atoms with Crippen LogP contribution in [-0.2, 0) is 13.5 Å². The van der Waals surface area contributed by atoms with Gasteiger partial charge in [-0.2, -0.15) is 5.10 Å². The minimum Gasteiger partial charge on any atom is -0.481 e. The van der Waals surface area contributed by atoms with E-state index in [1.807, 2.05) is 31.3 Å². The molecule has 0 saturated heterocycles. The zero-order chi connectivity index (χ0) is 14.8. The summed E-state index contributed by atoms with van der Waals surface area (Å²) in [6.45, 7) is 0. The van der Waals surface area contributed by atoms with Gasteiger partial charge in [-0.1, -0.05) is 18.2 Å². The van der Waals surface area contributed by atoms with E-state index < -0.39 is 0 Å². The average molecular weight is 282 g/mol. The van der Waals surface area contributed by atoms with Gasteiger partial charge in [-0.25, -0.2) is 9.97 Å². The molecule has 6 nitrogen and oxygen atoms in total. The number of nitrogens with zero attached hydrogens (tertiary/aromatic N) is 4. The topological polar surface area (TPSA) is 69.9 Å². The zero-order valence-electron chi connectivity index (χ0n) is 11.8. The number of para-hydroxylation sites is 1. The average Bonchev–Trinajstić information content (AvgIpc) is 2.84. The first kappa shape index (κ1) is 13.2. The van der Waals surface area contributed by atoms with Gasteiger partial charge >= 0.3 is 0 Å². The van der Waals surface area contributed by atoms with E-state index in [1.54, 1.807) is 4.68 Å². The molecule has 0 aliphatic heterocycles. The van der Waals surface area contributed by atoms with Crippen molar-refractivity contribution in [2.75, 3.05) is 7.11 Å². The van der Waals surface area contributed by atoms with Gasteiger partial charge in [-0.05, 0) is 6.07 Å². The molecule has 0 unspecified atom stereocenters. The molecule has 0 saturated carbocycles. The van der Waals surface area contributed by atoms with E-state index in [0.717, 1.165) is 16.6 Å². The van der Waals surface area contributed by atoms with Crippen LogP contribution in [0.25, 0.3) is 10.9 Å². The molecule has 2 aromatic heterocycles. The highest BCUT2D eigenvalue weighted by molar-refractivity contribution is 5.98. The van der Waals surface area contributed by atoms with Crippen LogP contribution >= 0.6 is 0 Å². The maximum Gasteiger partial charge on any atom is 0.216 e. The number of rotatable bonds is 4. The number of benzene rings is 1. The van der Waals surface area contributed by atoms with Crippen LogP contribution in [0, 0.1) is 0 Å². The highest BCUT2D eigenvalue weighted by Gasteiger charge is 2.15. The lowest BCUT2D eigenvalue weighted by Crippen LogP contribution is -2.08. The fourth-order valence-electron chi connectivity index (χ4n) is 2.27. The molecule has 0 spiro atoms. The minimum atomic E-state index is -0.112. The van der Waals surface area contributed by atoms with Gasteiger partial charge in [-0.15, -0.1) is 0 Å². The number of Topliss-reactive ketones (excluding diaryl/α,β-unsaturated/α-hetero) is 1. The SMILES string of the molecule is COc1cc(C(=O)Cc2nn(C)c3ccccc23)ncn1. The molecule has 0 aliphatic rings. The fraction of sp³-hybridized carbons (Fsp3) is 0.200. The normalized spacial score (nSPS) is 10.8. The summed E-state index contributed by atoms with van der Waals surface area (Å²) in [5.74, 6) is 0.263. The fourth-order valence-corrected chi connectivity index (χ4v) is 2.27. The summed E-state index contributed by atoms with van der Waals surface area (Å²) in [4.78, 5) is 20.2. The molecule has 0 N–H and O–H groups in total. The minimum absolute atomic E-state index is 0.112. The summed E-state index contributed by atoms with van der Waals surface area (Å²) >= 11 is 0. The Labute approximate surface area is 121 Å². The standard InChI is InChI=1S/C15H14N4O2/c1-19-13-6-4-3-5-10(13)11(18-19)7-14(20)12-8-15(21-2)17-9-16-12/h3-6,8-9H,7H2,1-2H3. The highest BCUT2D eigenvalue weighted by Crippen LogP contribution is 2.19. The molecule has 0 amide bonds. The van der Waals surface area contributed by atoms with Gasteiger partial charge in [0.1, 0.15) is 12.0 Å². The van der Waals surface area contributed by atoms with Gasteiger partial charge in [0, 0.05) is 18.5 Å². The number of carbonyl (C=O) groups is 1. The van der Waals surface area contributed by atoms with Crippen molar-refractivity contribution >= 4 is 16.7 Å². The summed E-state index contributed by atoms with van der Waals surface area (Å²) in [6, 6.07) is 9.36. The van der Waals surface area contributed by atoms with E-state index >= 15 is 0 Å². The Kier molecular flexibility index (Phi) is 3.35. The smallest absolute Gasteiger partial charge is 0.216 e. The van der Waals surface area contributed by atoms with Gasteiger partial charge in [0.25, 0.3) is 0 Å². The lowest BCUT2D eigenvalue weighted by molar-refractivity contribution is 0.0986. The molecular weight excluding hydrogens is 268 g/mol. The number of hydrogen-bond donors (Lipinski definition) is 0. The predicted molar refractivity (Wildman–Crippen MR) is 77.3 cm³/mol. The number of aryl methyl sites for hydroxylation is 1. The van der Waals surface area contributed by atoms with Crippen molar-refractivity contribution in [2.24, 2.45) is 7.05 Å². The number of aromatic nitrogens is 4. The van der Waals surface area contributed by atoms with E-state index in [9.17, 15) is 4.79 Å². The van der Waals surface area contributed by atoms with Crippen LogP contribution in [0.15, 0.2) is 36.7 Å². The quantitative estimate of drug-likeness (QED) is 0.682. The number of hydrogen-bond acceptors (Lipinski definition) is 5. The third-order valence-electron chi connectivity index (χ3n) is 3.30. The molecule has 0 aliphatic carbocycles. The summed E-state index contributed by atoms with van der Waals surface area (Å²) in [7, 11) is 3.37. The Morgan fingerprint density at radius 1 is 1.29 bits per heavy atom.